The minimum Gasteiger partial charge on any atom is -0.481 e. The van der Waals surface area contributed by atoms with Crippen LogP contribution in [0.1, 0.15) is 11.1 Å². The van der Waals surface area contributed by atoms with E-state index in [2.05, 4.69) is 0 Å². The van der Waals surface area contributed by atoms with Gasteiger partial charge in [0.25, 0.3) is 0 Å². The first-order valence-corrected chi connectivity index (χ1v) is 8.14. The fourth-order valence-electron chi connectivity index (χ4n) is 2.06. The van der Waals surface area contributed by atoms with Crippen LogP contribution in [0.3, 0.4) is 0 Å². The Hall–Kier alpha value is -2.18. The first-order valence-electron chi connectivity index (χ1n) is 6.70. The summed E-state index contributed by atoms with van der Waals surface area (Å²) in [5.41, 5.74) is 1.47. The molecule has 0 aliphatic rings. The minimum absolute atomic E-state index is 0.125. The van der Waals surface area contributed by atoms with Crippen LogP contribution in [0, 0.1) is 0 Å². The zero-order chi connectivity index (χ0) is 16.2. The molecule has 0 unspecified atom stereocenters. The molecule has 22 heavy (non-hydrogen) atoms. The topological polar surface area (TPSA) is 74.7 Å². The maximum atomic E-state index is 12.5. The van der Waals surface area contributed by atoms with Crippen molar-refractivity contribution in [3.05, 3.63) is 65.7 Å². The van der Waals surface area contributed by atoms with Gasteiger partial charge in [-0.15, -0.1) is 0 Å². The van der Waals surface area contributed by atoms with Crippen LogP contribution in [-0.4, -0.2) is 30.8 Å². The van der Waals surface area contributed by atoms with Gasteiger partial charge in [-0.1, -0.05) is 42.5 Å². The molecular weight excluding hydrogens is 302 g/mol. The molecule has 2 rings (SSSR count). The molecule has 0 aliphatic heterocycles. The third-order valence-electron chi connectivity index (χ3n) is 3.23. The normalized spacial score (nSPS) is 11.5. The van der Waals surface area contributed by atoms with E-state index in [1.165, 1.54) is 35.6 Å². The van der Waals surface area contributed by atoms with Gasteiger partial charge in [-0.3, -0.25) is 4.79 Å². The summed E-state index contributed by atoms with van der Waals surface area (Å²) >= 11 is 0. The average Bonchev–Trinajstić information content (AvgIpc) is 2.48. The molecule has 0 aromatic heterocycles. The van der Waals surface area contributed by atoms with E-state index in [0.717, 1.165) is 5.56 Å². The van der Waals surface area contributed by atoms with E-state index in [-0.39, 0.29) is 17.9 Å². The Kier molecular flexibility index (Phi) is 4.95. The third-order valence-corrected chi connectivity index (χ3v) is 5.05. The van der Waals surface area contributed by atoms with Gasteiger partial charge in [-0.25, -0.2) is 8.42 Å². The number of nitrogens with zero attached hydrogens (tertiary/aromatic N) is 1. The molecule has 0 bridgehead atoms. The monoisotopic (exact) mass is 319 g/mol. The quantitative estimate of drug-likeness (QED) is 0.885. The Bertz CT molecular complexity index is 739. The number of carboxylic acids is 1. The zero-order valence-electron chi connectivity index (χ0n) is 12.1. The number of carboxylic acid groups (broad SMARTS) is 1. The predicted octanol–water partition coefficient (Wildman–Crippen LogP) is 2.13. The molecular formula is C16H17NO4S. The summed E-state index contributed by atoms with van der Waals surface area (Å²) in [6, 6.07) is 15.2. The Morgan fingerprint density at radius 1 is 1.00 bits per heavy atom. The fourth-order valence-corrected chi connectivity index (χ4v) is 3.22. The van der Waals surface area contributed by atoms with E-state index in [1.807, 2.05) is 30.3 Å². The fraction of sp³-hybridized carbons (Fsp3) is 0.188. The second kappa shape index (κ2) is 6.72. The first-order chi connectivity index (χ1) is 10.4. The number of benzene rings is 2. The molecule has 0 amide bonds. The zero-order valence-corrected chi connectivity index (χ0v) is 13.0. The molecule has 116 valence electrons. The van der Waals surface area contributed by atoms with Crippen molar-refractivity contribution in [3.63, 3.8) is 0 Å². The van der Waals surface area contributed by atoms with Crippen molar-refractivity contribution >= 4 is 16.0 Å². The van der Waals surface area contributed by atoms with Crippen molar-refractivity contribution < 1.29 is 18.3 Å². The summed E-state index contributed by atoms with van der Waals surface area (Å²) in [6.45, 7) is 0.278. The molecule has 0 aliphatic carbocycles. The maximum absolute atomic E-state index is 12.5. The molecule has 0 spiro atoms. The standard InChI is InChI=1S/C16H17NO4S/c1-17(12-14-5-3-2-4-6-14)22(20,21)15-9-7-13(8-10-15)11-16(18)19/h2-10H,11-12H2,1H3,(H,18,19). The van der Waals surface area contributed by atoms with Crippen molar-refractivity contribution in [1.29, 1.82) is 0 Å². The first kappa shape index (κ1) is 16.2. The number of aliphatic carboxylic acids is 1. The van der Waals surface area contributed by atoms with Crippen molar-refractivity contribution in [3.8, 4) is 0 Å². The lowest BCUT2D eigenvalue weighted by Gasteiger charge is -2.17. The Labute approximate surface area is 129 Å². The van der Waals surface area contributed by atoms with E-state index >= 15 is 0 Å². The second-order valence-electron chi connectivity index (χ2n) is 4.96. The smallest absolute Gasteiger partial charge is 0.307 e. The summed E-state index contributed by atoms with van der Waals surface area (Å²) in [5, 5.41) is 8.72. The lowest BCUT2D eigenvalue weighted by molar-refractivity contribution is -0.136. The lowest BCUT2D eigenvalue weighted by atomic mass is 10.2. The van der Waals surface area contributed by atoms with Crippen LogP contribution in [0.5, 0.6) is 0 Å². The highest BCUT2D eigenvalue weighted by Crippen LogP contribution is 2.17. The summed E-state index contributed by atoms with van der Waals surface area (Å²) in [5.74, 6) is -0.947. The van der Waals surface area contributed by atoms with Crippen LogP contribution in [-0.2, 0) is 27.8 Å². The number of hydrogen-bond donors (Lipinski definition) is 1. The van der Waals surface area contributed by atoms with E-state index in [4.69, 9.17) is 5.11 Å². The van der Waals surface area contributed by atoms with Gasteiger partial charge in [0.1, 0.15) is 0 Å². The Morgan fingerprint density at radius 2 is 1.59 bits per heavy atom. The summed E-state index contributed by atoms with van der Waals surface area (Å²) in [7, 11) is -2.08. The van der Waals surface area contributed by atoms with Gasteiger partial charge in [0.15, 0.2) is 0 Å². The van der Waals surface area contributed by atoms with Gasteiger partial charge >= 0.3 is 5.97 Å². The number of rotatable bonds is 6. The second-order valence-corrected chi connectivity index (χ2v) is 7.01. The van der Waals surface area contributed by atoms with Gasteiger partial charge in [0.05, 0.1) is 11.3 Å². The van der Waals surface area contributed by atoms with Crippen LogP contribution in [0.4, 0.5) is 0 Å². The van der Waals surface area contributed by atoms with E-state index < -0.39 is 16.0 Å². The molecule has 5 nitrogen and oxygen atoms in total. The van der Waals surface area contributed by atoms with Gasteiger partial charge in [-0.2, -0.15) is 4.31 Å². The average molecular weight is 319 g/mol. The number of sulfonamides is 1. The molecule has 0 saturated carbocycles. The third kappa shape index (κ3) is 3.93. The molecule has 2 aromatic rings. The largest absolute Gasteiger partial charge is 0.481 e. The predicted molar refractivity (Wildman–Crippen MR) is 82.9 cm³/mol. The number of carbonyl (C=O) groups is 1. The molecule has 0 radical (unpaired) electrons. The molecule has 2 aromatic carbocycles. The summed E-state index contributed by atoms with van der Waals surface area (Å²) in [6.07, 6.45) is -0.125. The summed E-state index contributed by atoms with van der Waals surface area (Å²) < 4.78 is 26.2. The molecule has 6 heteroatoms. The molecule has 0 atom stereocenters. The van der Waals surface area contributed by atoms with Crippen molar-refractivity contribution in [1.82, 2.24) is 4.31 Å². The van der Waals surface area contributed by atoms with Gasteiger partial charge in [-0.05, 0) is 23.3 Å². The van der Waals surface area contributed by atoms with Crippen LogP contribution < -0.4 is 0 Å². The highest BCUT2D eigenvalue weighted by atomic mass is 32.2. The van der Waals surface area contributed by atoms with E-state index in [9.17, 15) is 13.2 Å². The lowest BCUT2D eigenvalue weighted by Crippen LogP contribution is -2.26. The molecule has 0 heterocycles. The van der Waals surface area contributed by atoms with Gasteiger partial charge in [0.2, 0.25) is 10.0 Å². The van der Waals surface area contributed by atoms with Crippen LogP contribution in [0.2, 0.25) is 0 Å². The van der Waals surface area contributed by atoms with Crippen LogP contribution in [0.15, 0.2) is 59.5 Å². The Balaban J connectivity index is 2.17. The summed E-state index contributed by atoms with van der Waals surface area (Å²) in [4.78, 5) is 10.8. The molecule has 0 saturated heterocycles. The molecule has 1 N–H and O–H groups in total. The van der Waals surface area contributed by atoms with E-state index in [0.29, 0.717) is 5.56 Å². The highest BCUT2D eigenvalue weighted by molar-refractivity contribution is 7.89. The minimum atomic E-state index is -3.60. The van der Waals surface area contributed by atoms with Crippen molar-refractivity contribution in [2.75, 3.05) is 7.05 Å². The van der Waals surface area contributed by atoms with Crippen molar-refractivity contribution in [2.45, 2.75) is 17.9 Å². The maximum Gasteiger partial charge on any atom is 0.307 e. The van der Waals surface area contributed by atoms with Gasteiger partial charge in [0, 0.05) is 13.6 Å². The van der Waals surface area contributed by atoms with E-state index in [1.54, 1.807) is 0 Å². The highest BCUT2D eigenvalue weighted by Gasteiger charge is 2.20. The molecule has 0 fully saturated rings. The van der Waals surface area contributed by atoms with Crippen molar-refractivity contribution in [2.24, 2.45) is 0 Å². The van der Waals surface area contributed by atoms with Gasteiger partial charge < -0.3 is 5.11 Å². The van der Waals surface area contributed by atoms with Crippen LogP contribution >= 0.6 is 0 Å². The van der Waals surface area contributed by atoms with Crippen LogP contribution in [0.25, 0.3) is 0 Å². The SMILES string of the molecule is CN(Cc1ccccc1)S(=O)(=O)c1ccc(CC(=O)O)cc1. The number of hydrogen-bond acceptors (Lipinski definition) is 3. The Morgan fingerprint density at radius 3 is 2.14 bits per heavy atom.